The fraction of sp³-hybridized carbons (Fsp3) is 0.564. The molecule has 9 nitrogen and oxygen atoms in total. The molecule has 0 aliphatic rings. The molecule has 0 heterocycles. The molecule has 0 bridgehead atoms. The number of carboxylic acid groups (broad SMARTS) is 1. The standard InChI is InChI=1S/C94H147NO8/c1-6-8-10-12-14-16-18-20-22-24-26-28-30-32-34-36-38-40-42-44-46-48-50-52-54-56-58-60-62-64-66-68-70-72-74-76-78-80-82-84-91(96)101-88-90(89-102-94(93(98)99)100-87-86-95(3,4)5)103-92(97)85-83-81-79-77-75-73-71-69-67-65-63-61-59-57-55-53-51-49-47-45-43-41-39-37-35-33-31-29-27-25-23-21-19-17-15-13-11-9-7-2/h8-11,14-17,20-23,26-29,32-35,38-41,44-47,51,53,57,59,63,65,69,71,75,77,90,94H,6-7,12-13,18-19,24-25,30-31,36-37,42-43,48-50,52,54-56,58,60-62,64,66-68,70,72-74,76,78-89H2,1-5H3/b10-8-,11-9-,16-14-,17-15-,22-20-,23-21-,28-26-,29-27-,34-32-,35-33-,40-38-,41-39-,46-44-,47-45-,53-51-,59-57-,65-63-,71-69-,77-75-. The van der Waals surface area contributed by atoms with Crippen molar-refractivity contribution in [3.05, 3.63) is 231 Å². The summed E-state index contributed by atoms with van der Waals surface area (Å²) in [4.78, 5) is 37.6. The van der Waals surface area contributed by atoms with Crippen LogP contribution in [0.1, 0.15) is 284 Å². The van der Waals surface area contributed by atoms with Crippen LogP contribution < -0.4 is 5.11 Å². The van der Waals surface area contributed by atoms with Crippen LogP contribution in [-0.2, 0) is 33.3 Å². The molecule has 0 N–H and O–H groups in total. The number of aliphatic carboxylic acids is 1. The number of allylic oxidation sites excluding steroid dienone is 38. The van der Waals surface area contributed by atoms with Crippen LogP contribution in [0.3, 0.4) is 0 Å². The van der Waals surface area contributed by atoms with E-state index in [9.17, 15) is 19.5 Å². The molecule has 0 saturated carbocycles. The van der Waals surface area contributed by atoms with E-state index in [2.05, 4.69) is 245 Å². The van der Waals surface area contributed by atoms with Crippen LogP contribution >= 0.6 is 0 Å². The van der Waals surface area contributed by atoms with Gasteiger partial charge >= 0.3 is 11.9 Å². The number of likely N-dealkylation sites (N-methyl/N-ethyl adjacent to an activating group) is 1. The predicted molar refractivity (Wildman–Crippen MR) is 443 cm³/mol. The van der Waals surface area contributed by atoms with Gasteiger partial charge in [-0.2, -0.15) is 0 Å². The van der Waals surface area contributed by atoms with Crippen molar-refractivity contribution in [3.8, 4) is 0 Å². The van der Waals surface area contributed by atoms with Crippen LogP contribution in [0.5, 0.6) is 0 Å². The molecular formula is C94H147NO8. The summed E-state index contributed by atoms with van der Waals surface area (Å²) in [6.45, 7) is 4.45. The predicted octanol–water partition coefficient (Wildman–Crippen LogP) is 25.2. The van der Waals surface area contributed by atoms with E-state index in [0.29, 0.717) is 17.4 Å². The van der Waals surface area contributed by atoms with Gasteiger partial charge in [-0.1, -0.05) is 341 Å². The minimum absolute atomic E-state index is 0.128. The van der Waals surface area contributed by atoms with Crippen molar-refractivity contribution >= 4 is 17.9 Å². The van der Waals surface area contributed by atoms with Gasteiger partial charge in [0.2, 0.25) is 0 Å². The van der Waals surface area contributed by atoms with Gasteiger partial charge < -0.3 is 33.3 Å². The van der Waals surface area contributed by atoms with Crippen LogP contribution in [0.15, 0.2) is 231 Å². The molecule has 0 rings (SSSR count). The molecular weight excluding hydrogens is 1270 g/mol. The quantitative estimate of drug-likeness (QED) is 0.0195. The first-order valence-electron chi connectivity index (χ1n) is 40.5. The maximum Gasteiger partial charge on any atom is 0.306 e. The van der Waals surface area contributed by atoms with E-state index in [1.54, 1.807) is 0 Å². The summed E-state index contributed by atoms with van der Waals surface area (Å²) in [5, 5.41) is 11.9. The number of nitrogens with zero attached hydrogens (tertiary/aromatic N) is 1. The van der Waals surface area contributed by atoms with Crippen molar-refractivity contribution in [1.29, 1.82) is 0 Å². The number of rotatable bonds is 72. The van der Waals surface area contributed by atoms with Crippen molar-refractivity contribution in [2.75, 3.05) is 47.5 Å². The molecule has 9 heteroatoms. The number of carbonyl (C=O) groups excluding carboxylic acids is 3. The Hall–Kier alpha value is -6.65. The van der Waals surface area contributed by atoms with Gasteiger partial charge in [-0.15, -0.1) is 0 Å². The molecule has 2 unspecified atom stereocenters. The van der Waals surface area contributed by atoms with Gasteiger partial charge in [-0.3, -0.25) is 9.59 Å². The fourth-order valence-corrected chi connectivity index (χ4v) is 10.3. The minimum atomic E-state index is -1.65. The Morgan fingerprint density at radius 1 is 0.291 bits per heavy atom. The van der Waals surface area contributed by atoms with E-state index in [1.807, 2.05) is 21.1 Å². The second-order valence-corrected chi connectivity index (χ2v) is 27.2. The lowest BCUT2D eigenvalue weighted by atomic mass is 10.0. The Morgan fingerprint density at radius 2 is 0.524 bits per heavy atom. The topological polar surface area (TPSA) is 111 Å². The van der Waals surface area contributed by atoms with Crippen LogP contribution in [-0.4, -0.2) is 82.3 Å². The molecule has 0 spiro atoms. The zero-order valence-electron chi connectivity index (χ0n) is 65.8. The zero-order chi connectivity index (χ0) is 74.6. The van der Waals surface area contributed by atoms with E-state index >= 15 is 0 Å². The van der Waals surface area contributed by atoms with Gasteiger partial charge in [0, 0.05) is 12.8 Å². The van der Waals surface area contributed by atoms with E-state index in [1.165, 1.54) is 96.3 Å². The van der Waals surface area contributed by atoms with E-state index < -0.39 is 24.3 Å². The molecule has 0 aromatic heterocycles. The molecule has 0 radical (unpaired) electrons. The summed E-state index contributed by atoms with van der Waals surface area (Å²) in [7, 11) is 5.91. The molecule has 0 amide bonds. The number of carbonyl (C=O) groups is 3. The number of quaternary nitrogens is 1. The highest BCUT2D eigenvalue weighted by atomic mass is 16.7. The smallest absolute Gasteiger partial charge is 0.306 e. The summed E-state index contributed by atoms with van der Waals surface area (Å²) in [6, 6.07) is 0. The summed E-state index contributed by atoms with van der Waals surface area (Å²) in [5.41, 5.74) is 0. The molecule has 0 aromatic rings. The molecule has 576 valence electrons. The van der Waals surface area contributed by atoms with Crippen LogP contribution in [0, 0.1) is 0 Å². The third-order valence-electron chi connectivity index (χ3n) is 16.4. The molecule has 0 aliphatic carbocycles. The Balaban J connectivity index is 4.18. The first-order chi connectivity index (χ1) is 50.6. The third kappa shape index (κ3) is 82.5. The Labute approximate surface area is 631 Å². The summed E-state index contributed by atoms with van der Waals surface area (Å²) in [6.07, 6.45) is 126. The highest BCUT2D eigenvalue weighted by Crippen LogP contribution is 2.16. The largest absolute Gasteiger partial charge is 0.545 e. The molecule has 0 fully saturated rings. The zero-order valence-corrected chi connectivity index (χ0v) is 65.8. The van der Waals surface area contributed by atoms with Crippen molar-refractivity contribution in [2.45, 2.75) is 296 Å². The Morgan fingerprint density at radius 3 is 0.796 bits per heavy atom. The van der Waals surface area contributed by atoms with E-state index in [4.69, 9.17) is 18.9 Å². The summed E-state index contributed by atoms with van der Waals surface area (Å²) in [5.74, 6) is -2.36. The Kier molecular flexibility index (Phi) is 75.8. The lowest BCUT2D eigenvalue weighted by Gasteiger charge is -2.26. The van der Waals surface area contributed by atoms with Crippen molar-refractivity contribution in [3.63, 3.8) is 0 Å². The monoisotopic (exact) mass is 1420 g/mol. The van der Waals surface area contributed by atoms with Crippen LogP contribution in [0.25, 0.3) is 0 Å². The highest BCUT2D eigenvalue weighted by molar-refractivity contribution is 5.70. The van der Waals surface area contributed by atoms with E-state index in [0.717, 1.165) is 154 Å². The lowest BCUT2D eigenvalue weighted by Crippen LogP contribution is -2.44. The summed E-state index contributed by atoms with van der Waals surface area (Å²) < 4.78 is 22.8. The molecule has 103 heavy (non-hydrogen) atoms. The average molecular weight is 1420 g/mol. The number of hydrogen-bond acceptors (Lipinski definition) is 8. The number of carboxylic acids is 1. The normalized spacial score (nSPS) is 13.9. The van der Waals surface area contributed by atoms with Gasteiger partial charge in [-0.25, -0.2) is 0 Å². The van der Waals surface area contributed by atoms with Crippen LogP contribution in [0.4, 0.5) is 0 Å². The summed E-state index contributed by atoms with van der Waals surface area (Å²) >= 11 is 0. The maximum absolute atomic E-state index is 13.0. The number of hydrogen-bond donors (Lipinski definition) is 0. The first kappa shape index (κ1) is 96.4. The second-order valence-electron chi connectivity index (χ2n) is 27.2. The van der Waals surface area contributed by atoms with Crippen molar-refractivity contribution < 1.29 is 42.9 Å². The molecule has 2 atom stereocenters. The van der Waals surface area contributed by atoms with Crippen molar-refractivity contribution in [1.82, 2.24) is 0 Å². The number of ether oxygens (including phenoxy) is 4. The van der Waals surface area contributed by atoms with Gasteiger partial charge in [0.25, 0.3) is 0 Å². The van der Waals surface area contributed by atoms with Gasteiger partial charge in [0.15, 0.2) is 12.4 Å². The second kappa shape index (κ2) is 81.0. The first-order valence-corrected chi connectivity index (χ1v) is 40.5. The minimum Gasteiger partial charge on any atom is -0.545 e. The average Bonchev–Trinajstić information content (AvgIpc) is 0.985. The number of unbranched alkanes of at least 4 members (excludes halogenated alkanes) is 19. The molecule has 0 aromatic carbocycles. The number of esters is 2. The SMILES string of the molecule is CC/C=C\C/C=C\C/C=C\C/C=C\C/C=C\C/C=C\C/C=C\C/C=C\C/C=C\C/C=C\C/C=C\C/C=C\CCCCC(=O)OC(COC(=O)CCCCCCCCCCCCCCCCCCC/C=C\C/C=C\C/C=C\C/C=C\C/C=C\C/C=C\C/C=C\CC)COC(OCC[N+](C)(C)C)C(=O)[O-]. The van der Waals surface area contributed by atoms with Gasteiger partial charge in [0.1, 0.15) is 13.2 Å². The molecule has 0 aliphatic heterocycles. The fourth-order valence-electron chi connectivity index (χ4n) is 10.3. The Bertz CT molecular complexity index is 2560. The highest BCUT2D eigenvalue weighted by Gasteiger charge is 2.22. The van der Waals surface area contributed by atoms with Crippen LogP contribution in [0.2, 0.25) is 0 Å². The van der Waals surface area contributed by atoms with Gasteiger partial charge in [0.05, 0.1) is 40.3 Å². The van der Waals surface area contributed by atoms with E-state index in [-0.39, 0.29) is 38.6 Å². The van der Waals surface area contributed by atoms with Crippen molar-refractivity contribution in [2.24, 2.45) is 0 Å². The molecule has 0 saturated heterocycles. The lowest BCUT2D eigenvalue weighted by molar-refractivity contribution is -0.870. The van der Waals surface area contributed by atoms with Gasteiger partial charge in [-0.05, 0) is 161 Å². The maximum atomic E-state index is 13.0. The third-order valence-corrected chi connectivity index (χ3v) is 16.4.